The monoisotopic (exact) mass is 800 g/mol. The van der Waals surface area contributed by atoms with Gasteiger partial charge in [0.25, 0.3) is 11.8 Å². The van der Waals surface area contributed by atoms with E-state index in [2.05, 4.69) is 25.3 Å². The van der Waals surface area contributed by atoms with Crippen LogP contribution in [-0.4, -0.2) is 89.7 Å². The summed E-state index contributed by atoms with van der Waals surface area (Å²) in [6, 6.07) is 5.57. The number of carbonyl (C=O) groups excluding carboxylic acids is 4. The number of nitrogens with one attached hydrogen (secondary N) is 3. The van der Waals surface area contributed by atoms with Crippen molar-refractivity contribution in [1.29, 1.82) is 0 Å². The van der Waals surface area contributed by atoms with Gasteiger partial charge < -0.3 is 25.0 Å². The minimum absolute atomic E-state index is 0.0434. The fourth-order valence-electron chi connectivity index (χ4n) is 9.03. The number of benzene rings is 1. The van der Waals surface area contributed by atoms with Gasteiger partial charge in [-0.3, -0.25) is 19.1 Å². The number of halogens is 2. The van der Waals surface area contributed by atoms with Crippen molar-refractivity contribution in [3.8, 4) is 5.88 Å². The van der Waals surface area contributed by atoms with E-state index in [1.54, 1.807) is 24.3 Å². The molecule has 0 radical (unpaired) electrons. The molecule has 14 nitrogen and oxygen atoms in total. The zero-order chi connectivity index (χ0) is 39.3. The summed E-state index contributed by atoms with van der Waals surface area (Å²) in [6.45, 7) is -0.394. The molecule has 2 aromatic rings. The highest BCUT2D eigenvalue weighted by atomic mass is 32.2. The molecular weight excluding hydrogens is 751 g/mol. The number of hydrogen-bond donors (Lipinski definition) is 3. The number of amides is 4. The second-order valence-corrected chi connectivity index (χ2v) is 18.9. The van der Waals surface area contributed by atoms with Crippen molar-refractivity contribution < 1.29 is 45.9 Å². The summed E-state index contributed by atoms with van der Waals surface area (Å²) in [6.07, 6.45) is 6.14. The van der Waals surface area contributed by atoms with Crippen LogP contribution >= 0.6 is 0 Å². The van der Waals surface area contributed by atoms with Gasteiger partial charge in [0.15, 0.2) is 5.69 Å². The molecule has 8 rings (SSSR count). The molecule has 304 valence electrons. The molecule has 4 amide bonds. The van der Waals surface area contributed by atoms with Crippen molar-refractivity contribution in [2.75, 3.05) is 19.7 Å². The minimum atomic E-state index is -3.93. The molecule has 1 spiro atoms. The molecule has 1 aromatic heterocycles. The largest absolute Gasteiger partial charge is 0.470 e. The van der Waals surface area contributed by atoms with Crippen LogP contribution in [0.25, 0.3) is 11.0 Å². The molecule has 4 heterocycles. The Kier molecular flexibility index (Phi) is 10.4. The Hall–Kier alpha value is -4.15. The van der Waals surface area contributed by atoms with E-state index in [1.165, 1.54) is 4.90 Å². The normalized spacial score (nSPS) is 31.2. The Morgan fingerprint density at radius 1 is 0.875 bits per heavy atom. The predicted molar refractivity (Wildman–Crippen MR) is 198 cm³/mol. The van der Waals surface area contributed by atoms with E-state index >= 15 is 8.78 Å². The Labute approximate surface area is 324 Å². The molecule has 3 aliphatic heterocycles. The molecule has 3 aliphatic carbocycles. The van der Waals surface area contributed by atoms with Gasteiger partial charge in [-0.05, 0) is 75.8 Å². The van der Waals surface area contributed by atoms with E-state index in [9.17, 15) is 27.6 Å². The van der Waals surface area contributed by atoms with E-state index in [0.29, 0.717) is 44.0 Å². The average Bonchev–Trinajstić information content (AvgIpc) is 4.07. The number of sulfonamides is 1. The number of aromatic nitrogens is 2. The maximum atomic E-state index is 16.4. The number of alkyl carbamates (subject to hydrolysis) is 1. The molecule has 56 heavy (non-hydrogen) atoms. The molecule has 3 N–H and O–H groups in total. The smallest absolute Gasteiger partial charge is 0.407 e. The molecule has 2 saturated heterocycles. The first kappa shape index (κ1) is 38.7. The first-order valence-electron chi connectivity index (χ1n) is 20.2. The number of nitrogens with zero attached hydrogens (tertiary/aromatic N) is 3. The van der Waals surface area contributed by atoms with Crippen molar-refractivity contribution in [3.05, 3.63) is 30.0 Å². The maximum Gasteiger partial charge on any atom is 0.407 e. The van der Waals surface area contributed by atoms with Crippen LogP contribution in [0.5, 0.6) is 5.88 Å². The Balaban J connectivity index is 1.16. The molecule has 5 atom stereocenters. The van der Waals surface area contributed by atoms with Crippen LogP contribution in [0.15, 0.2) is 24.3 Å². The molecule has 1 unspecified atom stereocenters. The van der Waals surface area contributed by atoms with Crippen molar-refractivity contribution in [2.24, 2.45) is 17.3 Å². The maximum absolute atomic E-state index is 16.4. The van der Waals surface area contributed by atoms with Crippen molar-refractivity contribution in [2.45, 2.75) is 132 Å². The third-order valence-corrected chi connectivity index (χ3v) is 14.7. The lowest BCUT2D eigenvalue weighted by Gasteiger charge is -2.41. The SMILES string of the molecule is O=C1N[C@H]2CCCCCCC[C@@H]3C[C@@]3(C(=O)NS(=O)(=O)C3CC3)NC(=O)C3CN(C[C@@H]3Oc3nc4ccccc4nc3C(F)(F)CCCC3(CCC3)CO1)C2=O. The first-order valence-corrected chi connectivity index (χ1v) is 21.7. The minimum Gasteiger partial charge on any atom is -0.470 e. The Morgan fingerprint density at radius 3 is 2.27 bits per heavy atom. The molecule has 1 aromatic carbocycles. The molecular formula is C39H50F2N6O8S. The van der Waals surface area contributed by atoms with Crippen LogP contribution in [0.1, 0.15) is 108 Å². The van der Waals surface area contributed by atoms with Gasteiger partial charge in [0.05, 0.1) is 35.4 Å². The number of para-hydroxylation sites is 2. The zero-order valence-corrected chi connectivity index (χ0v) is 32.2. The number of hydrogen-bond acceptors (Lipinski definition) is 10. The van der Waals surface area contributed by atoms with Gasteiger partial charge >= 0.3 is 6.09 Å². The Bertz CT molecular complexity index is 1990. The number of carbonyl (C=O) groups is 4. The van der Waals surface area contributed by atoms with Gasteiger partial charge in [-0.25, -0.2) is 23.2 Å². The zero-order valence-electron chi connectivity index (χ0n) is 31.4. The number of ether oxygens (including phenoxy) is 2. The van der Waals surface area contributed by atoms with Crippen molar-refractivity contribution in [3.63, 3.8) is 0 Å². The summed E-state index contributed by atoms with van der Waals surface area (Å²) in [5.74, 6) is -7.43. The van der Waals surface area contributed by atoms with Crippen LogP contribution in [0, 0.1) is 17.3 Å². The van der Waals surface area contributed by atoms with Crippen LogP contribution in [0.3, 0.4) is 0 Å². The van der Waals surface area contributed by atoms with Crippen molar-refractivity contribution >= 4 is 44.9 Å². The van der Waals surface area contributed by atoms with E-state index in [4.69, 9.17) is 9.47 Å². The van der Waals surface area contributed by atoms with Gasteiger partial charge in [-0.1, -0.05) is 50.7 Å². The van der Waals surface area contributed by atoms with Crippen LogP contribution in [-0.2, 0) is 35.1 Å². The van der Waals surface area contributed by atoms with Gasteiger partial charge in [0, 0.05) is 18.4 Å². The third kappa shape index (κ3) is 7.88. The quantitative estimate of drug-likeness (QED) is 0.396. The highest BCUT2D eigenvalue weighted by molar-refractivity contribution is 7.91. The Morgan fingerprint density at radius 2 is 1.55 bits per heavy atom. The third-order valence-electron chi connectivity index (χ3n) is 12.9. The van der Waals surface area contributed by atoms with Crippen molar-refractivity contribution in [1.82, 2.24) is 30.2 Å². The van der Waals surface area contributed by atoms with E-state index in [-0.39, 0.29) is 44.0 Å². The first-order chi connectivity index (χ1) is 26.8. The van der Waals surface area contributed by atoms with Gasteiger partial charge in [-0.2, -0.15) is 8.78 Å². The van der Waals surface area contributed by atoms with E-state index in [1.807, 2.05) is 0 Å². The fourth-order valence-corrected chi connectivity index (χ4v) is 10.4. The average molecular weight is 801 g/mol. The van der Waals surface area contributed by atoms with Gasteiger partial charge in [0.2, 0.25) is 27.7 Å². The molecule has 4 bridgehead atoms. The van der Waals surface area contributed by atoms with Crippen LogP contribution in [0.2, 0.25) is 0 Å². The van der Waals surface area contributed by atoms with Crippen LogP contribution in [0.4, 0.5) is 13.6 Å². The summed E-state index contributed by atoms with van der Waals surface area (Å²) in [7, 11) is -3.93. The number of rotatable bonds is 3. The molecule has 3 saturated carbocycles. The molecule has 17 heteroatoms. The number of alkyl halides is 2. The summed E-state index contributed by atoms with van der Waals surface area (Å²) in [5, 5.41) is 4.98. The second kappa shape index (κ2) is 15.0. The standard InChI is InChI=1S/C39H50F2N6O8S/c40-39(41)19-9-18-37(16-8-17-37)23-54-36(51)44-29-13-5-3-1-2-4-10-24-20-38(24,35(50)46-56(52,53)25-14-15-25)45-32(48)26-21-47(34(29)49)22-30(26)55-33-31(39)42-27-11-6-7-12-28(27)43-33/h6-7,11-12,24-26,29-30H,1-5,8-10,13-23H2,(H,44,51)(H,45,48)(H,46,50)/t24-,26?,29+,30+,38-/m1/s1. The predicted octanol–water partition coefficient (Wildman–Crippen LogP) is 4.60. The van der Waals surface area contributed by atoms with Crippen LogP contribution < -0.4 is 20.1 Å². The summed E-state index contributed by atoms with van der Waals surface area (Å²) in [4.78, 5) is 66.0. The summed E-state index contributed by atoms with van der Waals surface area (Å²) >= 11 is 0. The highest BCUT2D eigenvalue weighted by Gasteiger charge is 2.62. The number of cyclic esters (lactones) is 1. The lowest BCUT2D eigenvalue weighted by atomic mass is 9.66. The lowest BCUT2D eigenvalue weighted by Crippen LogP contribution is -2.55. The highest BCUT2D eigenvalue weighted by Crippen LogP contribution is 2.49. The summed E-state index contributed by atoms with van der Waals surface area (Å²) in [5.41, 5.74) is -2.08. The van der Waals surface area contributed by atoms with Gasteiger partial charge in [0.1, 0.15) is 17.7 Å². The van der Waals surface area contributed by atoms with E-state index < -0.39 is 92.0 Å². The number of fused-ring (bicyclic) bond motifs is 7. The molecule has 5 fully saturated rings. The van der Waals surface area contributed by atoms with E-state index in [0.717, 1.165) is 44.9 Å². The lowest BCUT2D eigenvalue weighted by molar-refractivity contribution is -0.134. The second-order valence-electron chi connectivity index (χ2n) is 16.9. The fraction of sp³-hybridized carbons (Fsp3) is 0.692. The summed E-state index contributed by atoms with van der Waals surface area (Å²) < 4.78 is 72.8. The van der Waals surface area contributed by atoms with Gasteiger partial charge in [-0.15, -0.1) is 0 Å². The topological polar surface area (TPSA) is 186 Å². The molecule has 6 aliphatic rings.